The molecule has 0 saturated carbocycles. The van der Waals surface area contributed by atoms with Gasteiger partial charge in [0, 0.05) is 6.07 Å². The number of aldehydes is 1. The van der Waals surface area contributed by atoms with Crippen molar-refractivity contribution in [3.05, 3.63) is 29.8 Å². The Balaban J connectivity index is 2.59. The molecule has 0 aliphatic rings. The molecular formula is C14H19F2NO3. The van der Waals surface area contributed by atoms with Crippen molar-refractivity contribution in [1.29, 1.82) is 0 Å². The minimum atomic E-state index is -1.09. The van der Waals surface area contributed by atoms with Crippen LogP contribution in [0.3, 0.4) is 0 Å². The summed E-state index contributed by atoms with van der Waals surface area (Å²) in [7, 11) is 0. The number of benzene rings is 1. The van der Waals surface area contributed by atoms with Crippen LogP contribution in [-0.2, 0) is 9.53 Å². The highest BCUT2D eigenvalue weighted by atomic mass is 19.1. The van der Waals surface area contributed by atoms with Crippen molar-refractivity contribution >= 4 is 6.29 Å². The predicted molar refractivity (Wildman–Crippen MR) is 70.5 cm³/mol. The van der Waals surface area contributed by atoms with Gasteiger partial charge in [0.15, 0.2) is 11.6 Å². The van der Waals surface area contributed by atoms with Gasteiger partial charge in [-0.05, 0) is 32.9 Å². The van der Waals surface area contributed by atoms with Gasteiger partial charge in [0.25, 0.3) is 0 Å². The van der Waals surface area contributed by atoms with E-state index in [0.717, 1.165) is 18.2 Å². The highest BCUT2D eigenvalue weighted by Gasteiger charge is 2.22. The molecule has 0 unspecified atom stereocenters. The number of carbonyl (C=O) groups is 1. The van der Waals surface area contributed by atoms with E-state index in [9.17, 15) is 13.6 Å². The maximum atomic E-state index is 13.4. The standard InChI is InChI=1S/C14H19F2NO3/c1-9(19-8-14(3,17)7-18)10(2)20-13-6-11(15)4-5-12(13)16/h4-7,9-10H,8,17H2,1-3H3/t9-,10+,14+/m0/s1. The quantitative estimate of drug-likeness (QED) is 0.780. The topological polar surface area (TPSA) is 61.5 Å². The van der Waals surface area contributed by atoms with E-state index in [-0.39, 0.29) is 12.4 Å². The molecule has 0 spiro atoms. The van der Waals surface area contributed by atoms with Crippen molar-refractivity contribution < 1.29 is 23.0 Å². The molecule has 112 valence electrons. The average Bonchev–Trinajstić information content (AvgIpc) is 2.40. The smallest absolute Gasteiger partial charge is 0.165 e. The molecule has 0 bridgehead atoms. The second-order valence-electron chi connectivity index (χ2n) is 5.04. The van der Waals surface area contributed by atoms with E-state index in [0.29, 0.717) is 6.29 Å². The number of halogens is 2. The molecule has 3 atom stereocenters. The van der Waals surface area contributed by atoms with Gasteiger partial charge in [-0.3, -0.25) is 0 Å². The molecule has 1 rings (SSSR count). The lowest BCUT2D eigenvalue weighted by atomic mass is 10.1. The Morgan fingerprint density at radius 3 is 2.60 bits per heavy atom. The second kappa shape index (κ2) is 6.76. The SMILES string of the molecule is C[C@H](OC[C@](C)(N)C=O)[C@@H](C)Oc1cc(F)ccc1F. The molecule has 1 aromatic rings. The number of rotatable bonds is 7. The van der Waals surface area contributed by atoms with Crippen LogP contribution in [0.4, 0.5) is 8.78 Å². The third-order valence-electron chi connectivity index (χ3n) is 2.79. The molecular weight excluding hydrogens is 268 g/mol. The van der Waals surface area contributed by atoms with Crippen molar-refractivity contribution in [2.45, 2.75) is 38.5 Å². The number of hydrogen-bond acceptors (Lipinski definition) is 4. The second-order valence-corrected chi connectivity index (χ2v) is 5.04. The van der Waals surface area contributed by atoms with Crippen LogP contribution in [-0.4, -0.2) is 30.6 Å². The first-order valence-electron chi connectivity index (χ1n) is 6.23. The summed E-state index contributed by atoms with van der Waals surface area (Å²) in [6.07, 6.45) is -0.383. The molecule has 0 fully saturated rings. The third kappa shape index (κ3) is 4.86. The van der Waals surface area contributed by atoms with E-state index in [1.54, 1.807) is 13.8 Å². The molecule has 1 aromatic carbocycles. The number of nitrogens with two attached hydrogens (primary N) is 1. The fraction of sp³-hybridized carbons (Fsp3) is 0.500. The zero-order valence-electron chi connectivity index (χ0n) is 11.7. The maximum Gasteiger partial charge on any atom is 0.165 e. The van der Waals surface area contributed by atoms with Gasteiger partial charge < -0.3 is 20.0 Å². The third-order valence-corrected chi connectivity index (χ3v) is 2.79. The fourth-order valence-corrected chi connectivity index (χ4v) is 1.34. The molecule has 20 heavy (non-hydrogen) atoms. The highest BCUT2D eigenvalue weighted by Crippen LogP contribution is 2.20. The summed E-state index contributed by atoms with van der Waals surface area (Å²) in [6, 6.07) is 2.97. The van der Waals surface area contributed by atoms with E-state index in [4.69, 9.17) is 15.2 Å². The summed E-state index contributed by atoms with van der Waals surface area (Å²) in [5, 5.41) is 0. The maximum absolute atomic E-state index is 13.4. The predicted octanol–water partition coefficient (Wildman–Crippen LogP) is 2.05. The molecule has 0 aliphatic heterocycles. The van der Waals surface area contributed by atoms with Crippen LogP contribution >= 0.6 is 0 Å². The summed E-state index contributed by atoms with van der Waals surface area (Å²) in [5.41, 5.74) is 4.53. The molecule has 6 heteroatoms. The van der Waals surface area contributed by atoms with Crippen molar-refractivity contribution in [3.63, 3.8) is 0 Å². The van der Waals surface area contributed by atoms with Crippen LogP contribution in [0.15, 0.2) is 18.2 Å². The van der Waals surface area contributed by atoms with Gasteiger partial charge >= 0.3 is 0 Å². The summed E-state index contributed by atoms with van der Waals surface area (Å²) in [4.78, 5) is 10.7. The first-order valence-corrected chi connectivity index (χ1v) is 6.23. The van der Waals surface area contributed by atoms with Gasteiger partial charge in [0.2, 0.25) is 0 Å². The Hall–Kier alpha value is -1.53. The molecule has 2 N–H and O–H groups in total. The summed E-state index contributed by atoms with van der Waals surface area (Å²) >= 11 is 0. The monoisotopic (exact) mass is 287 g/mol. The van der Waals surface area contributed by atoms with Crippen LogP contribution in [0.5, 0.6) is 5.75 Å². The molecule has 0 heterocycles. The molecule has 0 saturated heterocycles. The Morgan fingerprint density at radius 2 is 2.00 bits per heavy atom. The van der Waals surface area contributed by atoms with Crippen LogP contribution in [0, 0.1) is 11.6 Å². The minimum absolute atomic E-state index is 0.0109. The molecule has 0 aliphatic carbocycles. The van der Waals surface area contributed by atoms with Crippen LogP contribution < -0.4 is 10.5 Å². The Morgan fingerprint density at radius 1 is 1.35 bits per heavy atom. The van der Waals surface area contributed by atoms with E-state index < -0.39 is 29.4 Å². The molecule has 0 amide bonds. The lowest BCUT2D eigenvalue weighted by Gasteiger charge is -2.25. The van der Waals surface area contributed by atoms with Crippen molar-refractivity contribution in [2.24, 2.45) is 5.73 Å². The van der Waals surface area contributed by atoms with Crippen molar-refractivity contribution in [3.8, 4) is 5.75 Å². The van der Waals surface area contributed by atoms with Gasteiger partial charge in [-0.15, -0.1) is 0 Å². The molecule has 4 nitrogen and oxygen atoms in total. The average molecular weight is 287 g/mol. The Labute approximate surface area is 116 Å². The van der Waals surface area contributed by atoms with Gasteiger partial charge in [0.05, 0.1) is 18.2 Å². The number of hydrogen-bond donors (Lipinski definition) is 1. The largest absolute Gasteiger partial charge is 0.485 e. The Kier molecular flexibility index (Phi) is 5.59. The van der Waals surface area contributed by atoms with E-state index in [1.807, 2.05) is 0 Å². The van der Waals surface area contributed by atoms with Crippen molar-refractivity contribution in [2.75, 3.05) is 6.61 Å². The Bertz CT molecular complexity index is 466. The van der Waals surface area contributed by atoms with Crippen LogP contribution in [0.2, 0.25) is 0 Å². The summed E-state index contributed by atoms with van der Waals surface area (Å²) in [5.74, 6) is -1.42. The number of carbonyl (C=O) groups excluding carboxylic acids is 1. The van der Waals surface area contributed by atoms with Crippen molar-refractivity contribution in [1.82, 2.24) is 0 Å². The number of ether oxygens (including phenoxy) is 2. The first-order chi connectivity index (χ1) is 9.25. The zero-order chi connectivity index (χ0) is 15.3. The normalized spacial score (nSPS) is 17.1. The van der Waals surface area contributed by atoms with Crippen LogP contribution in [0.25, 0.3) is 0 Å². The summed E-state index contributed by atoms with van der Waals surface area (Å²) < 4.78 is 37.2. The molecule has 0 radical (unpaired) electrons. The fourth-order valence-electron chi connectivity index (χ4n) is 1.34. The lowest BCUT2D eigenvalue weighted by Crippen LogP contribution is -2.45. The van der Waals surface area contributed by atoms with E-state index in [2.05, 4.69) is 0 Å². The van der Waals surface area contributed by atoms with Crippen LogP contribution in [0.1, 0.15) is 20.8 Å². The molecule has 0 aromatic heterocycles. The van der Waals surface area contributed by atoms with Gasteiger partial charge in [-0.1, -0.05) is 0 Å². The first kappa shape index (κ1) is 16.5. The van der Waals surface area contributed by atoms with E-state index >= 15 is 0 Å². The zero-order valence-corrected chi connectivity index (χ0v) is 11.7. The lowest BCUT2D eigenvalue weighted by molar-refractivity contribution is -0.115. The minimum Gasteiger partial charge on any atom is -0.485 e. The van der Waals surface area contributed by atoms with Gasteiger partial charge in [0.1, 0.15) is 18.2 Å². The summed E-state index contributed by atoms with van der Waals surface area (Å²) in [6.45, 7) is 4.90. The van der Waals surface area contributed by atoms with Gasteiger partial charge in [-0.2, -0.15) is 0 Å². The van der Waals surface area contributed by atoms with Gasteiger partial charge in [-0.25, -0.2) is 8.78 Å². The highest BCUT2D eigenvalue weighted by molar-refractivity contribution is 5.63. The van der Waals surface area contributed by atoms with E-state index in [1.165, 1.54) is 6.92 Å².